The number of carbonyl (C=O) groups excluding carboxylic acids is 1. The van der Waals surface area contributed by atoms with Gasteiger partial charge in [0.1, 0.15) is 6.29 Å². The highest BCUT2D eigenvalue weighted by molar-refractivity contribution is 5.75. The fourth-order valence-corrected chi connectivity index (χ4v) is 4.75. The summed E-state index contributed by atoms with van der Waals surface area (Å²) in [4.78, 5) is 10.9. The SMILES string of the molecule is O=Cc1ccc2c(c1)C1CC3CC(CC2C3)C1. The van der Waals surface area contributed by atoms with Crippen molar-refractivity contribution in [2.45, 2.75) is 43.9 Å². The molecule has 1 nitrogen and oxygen atoms in total. The molecule has 1 heteroatoms. The van der Waals surface area contributed by atoms with Gasteiger partial charge in [-0.2, -0.15) is 0 Å². The van der Waals surface area contributed by atoms with Gasteiger partial charge in [-0.05, 0) is 73.0 Å². The number of benzene rings is 1. The minimum Gasteiger partial charge on any atom is -0.298 e. The maximum atomic E-state index is 10.9. The molecule has 0 spiro atoms. The van der Waals surface area contributed by atoms with Crippen LogP contribution in [0.3, 0.4) is 0 Å². The molecule has 0 aromatic heterocycles. The molecule has 0 amide bonds. The number of rotatable bonds is 1. The predicted molar refractivity (Wildman–Crippen MR) is 67.4 cm³/mol. The highest BCUT2D eigenvalue weighted by Crippen LogP contribution is 2.56. The van der Waals surface area contributed by atoms with Crippen molar-refractivity contribution in [2.24, 2.45) is 11.8 Å². The third-order valence-corrected chi connectivity index (χ3v) is 5.26. The van der Waals surface area contributed by atoms with Gasteiger partial charge in [0.05, 0.1) is 0 Å². The fraction of sp³-hybridized carbons (Fsp3) is 0.562. The molecule has 1 aromatic rings. The maximum absolute atomic E-state index is 10.9. The summed E-state index contributed by atoms with van der Waals surface area (Å²) in [6, 6.07) is 6.43. The van der Waals surface area contributed by atoms with Crippen LogP contribution in [0.2, 0.25) is 0 Å². The van der Waals surface area contributed by atoms with Gasteiger partial charge in [-0.1, -0.05) is 12.1 Å². The first kappa shape index (κ1) is 9.87. The van der Waals surface area contributed by atoms with Crippen LogP contribution in [0.15, 0.2) is 18.2 Å². The minimum atomic E-state index is 0.751. The molecule has 4 aliphatic carbocycles. The van der Waals surface area contributed by atoms with Gasteiger partial charge < -0.3 is 0 Å². The first-order valence-corrected chi connectivity index (χ1v) is 6.92. The summed E-state index contributed by atoms with van der Waals surface area (Å²) in [5, 5.41) is 0. The van der Waals surface area contributed by atoms with Crippen molar-refractivity contribution in [3.05, 3.63) is 34.9 Å². The molecule has 4 aliphatic rings. The van der Waals surface area contributed by atoms with E-state index in [0.29, 0.717) is 0 Å². The molecule has 0 radical (unpaired) electrons. The Labute approximate surface area is 102 Å². The first-order chi connectivity index (χ1) is 8.33. The molecule has 2 fully saturated rings. The van der Waals surface area contributed by atoms with Crippen LogP contribution in [0.5, 0.6) is 0 Å². The molecule has 0 heterocycles. The number of hydrogen-bond acceptors (Lipinski definition) is 1. The van der Waals surface area contributed by atoms with Crippen LogP contribution >= 0.6 is 0 Å². The van der Waals surface area contributed by atoms with E-state index in [4.69, 9.17) is 0 Å². The van der Waals surface area contributed by atoms with Gasteiger partial charge in [0, 0.05) is 5.56 Å². The average molecular weight is 226 g/mol. The van der Waals surface area contributed by atoms with E-state index in [2.05, 4.69) is 12.1 Å². The third kappa shape index (κ3) is 1.41. The highest BCUT2D eigenvalue weighted by atomic mass is 16.1. The molecular weight excluding hydrogens is 208 g/mol. The van der Waals surface area contributed by atoms with Crippen molar-refractivity contribution in [1.82, 2.24) is 0 Å². The summed E-state index contributed by atoms with van der Waals surface area (Å²) in [7, 11) is 0. The molecular formula is C16H18O. The standard InChI is InChI=1S/C16H18O/c17-9-10-1-2-15-13-4-11-3-12(5-13)7-14(6-11)16(15)8-10/h1-2,8-9,11-14H,3-7H2. The normalized spacial score (nSPS) is 37.6. The Hall–Kier alpha value is -1.11. The molecule has 5 rings (SSSR count). The highest BCUT2D eigenvalue weighted by Gasteiger charge is 2.41. The summed E-state index contributed by atoms with van der Waals surface area (Å²) < 4.78 is 0. The zero-order chi connectivity index (χ0) is 11.4. The Kier molecular flexibility index (Phi) is 2.00. The van der Waals surface area contributed by atoms with Gasteiger partial charge in [-0.15, -0.1) is 0 Å². The van der Waals surface area contributed by atoms with E-state index in [0.717, 1.165) is 35.5 Å². The van der Waals surface area contributed by atoms with Crippen LogP contribution in [0.4, 0.5) is 0 Å². The Bertz CT molecular complexity index is 462. The van der Waals surface area contributed by atoms with Gasteiger partial charge in [0.15, 0.2) is 0 Å². The lowest BCUT2D eigenvalue weighted by Gasteiger charge is -2.38. The van der Waals surface area contributed by atoms with Gasteiger partial charge >= 0.3 is 0 Å². The summed E-state index contributed by atoms with van der Waals surface area (Å²) in [6.07, 6.45) is 8.03. The minimum absolute atomic E-state index is 0.751. The van der Waals surface area contributed by atoms with E-state index < -0.39 is 0 Å². The van der Waals surface area contributed by atoms with Gasteiger partial charge in [-0.3, -0.25) is 4.79 Å². The van der Waals surface area contributed by atoms with Gasteiger partial charge in [0.2, 0.25) is 0 Å². The lowest BCUT2D eigenvalue weighted by molar-refractivity contribution is 0.112. The van der Waals surface area contributed by atoms with Crippen molar-refractivity contribution in [1.29, 1.82) is 0 Å². The van der Waals surface area contributed by atoms with Crippen LogP contribution in [0.25, 0.3) is 0 Å². The van der Waals surface area contributed by atoms with Crippen molar-refractivity contribution < 1.29 is 4.79 Å². The Morgan fingerprint density at radius 2 is 1.53 bits per heavy atom. The van der Waals surface area contributed by atoms with Crippen molar-refractivity contribution in [3.63, 3.8) is 0 Å². The lowest BCUT2D eigenvalue weighted by Crippen LogP contribution is -2.25. The molecule has 0 N–H and O–H groups in total. The molecule has 4 bridgehead atoms. The second kappa shape index (κ2) is 3.44. The smallest absolute Gasteiger partial charge is 0.150 e. The third-order valence-electron chi connectivity index (χ3n) is 5.26. The van der Waals surface area contributed by atoms with Gasteiger partial charge in [-0.25, -0.2) is 0 Å². The molecule has 2 saturated carbocycles. The van der Waals surface area contributed by atoms with E-state index in [-0.39, 0.29) is 0 Å². The Morgan fingerprint density at radius 1 is 0.882 bits per heavy atom. The predicted octanol–water partition coefficient (Wildman–Crippen LogP) is 3.89. The fourth-order valence-electron chi connectivity index (χ4n) is 4.75. The first-order valence-electron chi connectivity index (χ1n) is 6.92. The molecule has 0 saturated heterocycles. The maximum Gasteiger partial charge on any atom is 0.150 e. The van der Waals surface area contributed by atoms with Crippen LogP contribution in [0, 0.1) is 11.8 Å². The summed E-state index contributed by atoms with van der Waals surface area (Å²) in [5.74, 6) is 3.47. The van der Waals surface area contributed by atoms with Crippen LogP contribution in [-0.2, 0) is 0 Å². The average Bonchev–Trinajstić information content (AvgIpc) is 2.52. The van der Waals surface area contributed by atoms with Gasteiger partial charge in [0.25, 0.3) is 0 Å². The molecule has 17 heavy (non-hydrogen) atoms. The molecule has 88 valence electrons. The lowest BCUT2D eigenvalue weighted by atomic mass is 9.67. The summed E-state index contributed by atoms with van der Waals surface area (Å²) in [5.41, 5.74) is 3.96. The number of aldehydes is 1. The molecule has 2 atom stereocenters. The van der Waals surface area contributed by atoms with E-state index >= 15 is 0 Å². The van der Waals surface area contributed by atoms with E-state index in [1.165, 1.54) is 37.7 Å². The summed E-state index contributed by atoms with van der Waals surface area (Å²) in [6.45, 7) is 0. The summed E-state index contributed by atoms with van der Waals surface area (Å²) >= 11 is 0. The topological polar surface area (TPSA) is 17.1 Å². The van der Waals surface area contributed by atoms with Crippen LogP contribution in [-0.4, -0.2) is 6.29 Å². The van der Waals surface area contributed by atoms with Crippen molar-refractivity contribution >= 4 is 6.29 Å². The van der Waals surface area contributed by atoms with Crippen molar-refractivity contribution in [2.75, 3.05) is 0 Å². The monoisotopic (exact) mass is 226 g/mol. The largest absolute Gasteiger partial charge is 0.298 e. The zero-order valence-corrected chi connectivity index (χ0v) is 10.1. The molecule has 0 aliphatic heterocycles. The molecule has 1 aromatic carbocycles. The van der Waals surface area contributed by atoms with E-state index in [1.54, 1.807) is 5.56 Å². The van der Waals surface area contributed by atoms with Crippen LogP contribution < -0.4 is 0 Å². The second-order valence-corrected chi connectivity index (χ2v) is 6.31. The Balaban J connectivity index is 1.88. The zero-order valence-electron chi connectivity index (χ0n) is 10.1. The molecule has 2 unspecified atom stereocenters. The quantitative estimate of drug-likeness (QED) is 0.664. The van der Waals surface area contributed by atoms with E-state index in [1.807, 2.05) is 6.07 Å². The number of carbonyl (C=O) groups is 1. The number of hydrogen-bond donors (Lipinski definition) is 0. The Morgan fingerprint density at radius 3 is 2.18 bits per heavy atom. The second-order valence-electron chi connectivity index (χ2n) is 6.31. The van der Waals surface area contributed by atoms with E-state index in [9.17, 15) is 4.79 Å². The van der Waals surface area contributed by atoms with Crippen molar-refractivity contribution in [3.8, 4) is 0 Å². The van der Waals surface area contributed by atoms with Crippen LogP contribution in [0.1, 0.15) is 65.4 Å².